The number of nitrogens with one attached hydrogen (secondary N) is 2. The van der Waals surface area contributed by atoms with Crippen molar-refractivity contribution < 1.29 is 14.4 Å². The van der Waals surface area contributed by atoms with Crippen molar-refractivity contribution in [2.24, 2.45) is 10.9 Å². The first-order valence-corrected chi connectivity index (χ1v) is 9.25. The molecule has 2 aliphatic heterocycles. The largest absolute Gasteiger partial charge is 0.344 e. The lowest BCUT2D eigenvalue weighted by Crippen LogP contribution is -2.56. The highest BCUT2D eigenvalue weighted by Crippen LogP contribution is 2.31. The van der Waals surface area contributed by atoms with Gasteiger partial charge in [0.25, 0.3) is 5.91 Å². The molecule has 0 aromatic rings. The second-order valence-electron chi connectivity index (χ2n) is 7.40. The lowest BCUT2D eigenvalue weighted by Gasteiger charge is -2.37. The average molecular weight is 350 g/mol. The van der Waals surface area contributed by atoms with E-state index in [1.807, 2.05) is 13.8 Å². The maximum Gasteiger partial charge on any atom is 0.253 e. The summed E-state index contributed by atoms with van der Waals surface area (Å²) < 4.78 is 0. The topological polar surface area (TPSA) is 90.9 Å². The number of carbonyl (C=O) groups excluding carboxylic acids is 3. The number of piperidine rings is 1. The third kappa shape index (κ3) is 4.38. The summed E-state index contributed by atoms with van der Waals surface area (Å²) in [4.78, 5) is 42.9. The van der Waals surface area contributed by atoms with Gasteiger partial charge in [0.15, 0.2) is 0 Å². The van der Waals surface area contributed by atoms with Gasteiger partial charge < -0.3 is 15.5 Å². The molecule has 3 amide bonds. The zero-order chi connectivity index (χ0) is 18.6. The molecule has 0 aromatic heterocycles. The number of hydrogen-bond acceptors (Lipinski definition) is 4. The fourth-order valence-corrected chi connectivity index (χ4v) is 3.41. The van der Waals surface area contributed by atoms with Crippen LogP contribution in [0.25, 0.3) is 0 Å². The van der Waals surface area contributed by atoms with Crippen LogP contribution in [0.15, 0.2) is 4.99 Å². The van der Waals surface area contributed by atoms with Gasteiger partial charge in [0.05, 0.1) is 0 Å². The molecule has 0 saturated carbocycles. The summed E-state index contributed by atoms with van der Waals surface area (Å²) in [7, 11) is 0. The number of amidine groups is 1. The predicted molar refractivity (Wildman–Crippen MR) is 96.1 cm³/mol. The van der Waals surface area contributed by atoms with Crippen LogP contribution >= 0.6 is 0 Å². The second-order valence-corrected chi connectivity index (χ2v) is 7.40. The van der Waals surface area contributed by atoms with E-state index in [0.29, 0.717) is 25.9 Å². The van der Waals surface area contributed by atoms with E-state index in [4.69, 9.17) is 0 Å². The minimum absolute atomic E-state index is 0.0146. The van der Waals surface area contributed by atoms with Crippen LogP contribution in [0.5, 0.6) is 0 Å². The van der Waals surface area contributed by atoms with Gasteiger partial charge >= 0.3 is 0 Å². The van der Waals surface area contributed by atoms with Crippen molar-refractivity contribution in [3.05, 3.63) is 0 Å². The smallest absolute Gasteiger partial charge is 0.253 e. The number of carbonyl (C=O) groups is 3. The van der Waals surface area contributed by atoms with E-state index in [1.54, 1.807) is 4.90 Å². The molecule has 1 fully saturated rings. The third-order valence-electron chi connectivity index (χ3n) is 4.99. The van der Waals surface area contributed by atoms with E-state index in [0.717, 1.165) is 25.1 Å². The summed E-state index contributed by atoms with van der Waals surface area (Å²) >= 11 is 0. The first-order chi connectivity index (χ1) is 11.8. The van der Waals surface area contributed by atoms with E-state index in [-0.39, 0.29) is 23.6 Å². The van der Waals surface area contributed by atoms with Gasteiger partial charge in [0.2, 0.25) is 11.8 Å². The minimum Gasteiger partial charge on any atom is -0.344 e. The molecule has 25 heavy (non-hydrogen) atoms. The summed E-state index contributed by atoms with van der Waals surface area (Å²) in [5.74, 6) is 0.480. The van der Waals surface area contributed by atoms with Gasteiger partial charge in [-0.25, -0.2) is 0 Å². The Morgan fingerprint density at radius 1 is 1.32 bits per heavy atom. The molecule has 2 aliphatic rings. The number of amides is 3. The first-order valence-electron chi connectivity index (χ1n) is 9.25. The molecule has 0 aromatic carbocycles. The molecule has 2 rings (SSSR count). The Labute approximate surface area is 149 Å². The molecule has 7 heteroatoms. The molecular weight excluding hydrogens is 320 g/mol. The van der Waals surface area contributed by atoms with E-state index in [1.165, 1.54) is 6.92 Å². The minimum atomic E-state index is -0.707. The van der Waals surface area contributed by atoms with Gasteiger partial charge in [-0.05, 0) is 25.2 Å². The van der Waals surface area contributed by atoms with Crippen LogP contribution in [0.1, 0.15) is 59.8 Å². The quantitative estimate of drug-likeness (QED) is 0.755. The maximum atomic E-state index is 12.7. The highest BCUT2D eigenvalue weighted by molar-refractivity contribution is 6.08. The molecule has 2 heterocycles. The lowest BCUT2D eigenvalue weighted by atomic mass is 9.87. The second kappa shape index (κ2) is 7.97. The molecular formula is C18H30N4O3. The van der Waals surface area contributed by atoms with E-state index in [9.17, 15) is 14.4 Å². The SMILES string of the molecule is CCCCC1=NC2(CCN(C(=O)C(NC(C)=O)C(C)C)CC2)C(=O)N1. The Kier molecular flexibility index (Phi) is 6.19. The van der Waals surface area contributed by atoms with Crippen LogP contribution in [-0.2, 0) is 14.4 Å². The number of unbranched alkanes of at least 4 members (excludes halogenated alkanes) is 1. The fourth-order valence-electron chi connectivity index (χ4n) is 3.41. The monoisotopic (exact) mass is 350 g/mol. The number of hydrogen-bond donors (Lipinski definition) is 2. The van der Waals surface area contributed by atoms with Crippen molar-refractivity contribution in [3.63, 3.8) is 0 Å². The summed E-state index contributed by atoms with van der Waals surface area (Å²) in [6.07, 6.45) is 3.93. The fraction of sp³-hybridized carbons (Fsp3) is 0.778. The van der Waals surface area contributed by atoms with Gasteiger partial charge in [-0.1, -0.05) is 27.2 Å². The van der Waals surface area contributed by atoms with Crippen LogP contribution < -0.4 is 10.6 Å². The Balaban J connectivity index is 2.00. The third-order valence-corrected chi connectivity index (χ3v) is 4.99. The van der Waals surface area contributed by atoms with Crippen molar-refractivity contribution in [2.45, 2.75) is 71.4 Å². The molecule has 0 aliphatic carbocycles. The first kappa shape index (κ1) is 19.4. The molecule has 1 spiro atoms. The maximum absolute atomic E-state index is 12.7. The Hall–Kier alpha value is -1.92. The van der Waals surface area contributed by atoms with Crippen molar-refractivity contribution >= 4 is 23.6 Å². The van der Waals surface area contributed by atoms with E-state index < -0.39 is 11.6 Å². The number of nitrogens with zero attached hydrogens (tertiary/aromatic N) is 2. The molecule has 1 saturated heterocycles. The molecule has 1 unspecified atom stereocenters. The molecule has 0 radical (unpaired) electrons. The predicted octanol–water partition coefficient (Wildman–Crippen LogP) is 1.23. The average Bonchev–Trinajstić information content (AvgIpc) is 2.86. The highest BCUT2D eigenvalue weighted by Gasteiger charge is 2.46. The van der Waals surface area contributed by atoms with Gasteiger partial charge in [0.1, 0.15) is 17.4 Å². The van der Waals surface area contributed by atoms with Crippen molar-refractivity contribution in [2.75, 3.05) is 13.1 Å². The zero-order valence-electron chi connectivity index (χ0n) is 15.7. The number of aliphatic imine (C=N–C) groups is 1. The van der Waals surface area contributed by atoms with Crippen molar-refractivity contribution in [3.8, 4) is 0 Å². The molecule has 0 bridgehead atoms. The number of likely N-dealkylation sites (tertiary alicyclic amines) is 1. The van der Waals surface area contributed by atoms with Gasteiger partial charge in [-0.15, -0.1) is 0 Å². The van der Waals surface area contributed by atoms with E-state index >= 15 is 0 Å². The Bertz CT molecular complexity index is 563. The lowest BCUT2D eigenvalue weighted by molar-refractivity contribution is -0.140. The Morgan fingerprint density at radius 3 is 2.48 bits per heavy atom. The Morgan fingerprint density at radius 2 is 1.96 bits per heavy atom. The molecule has 1 atom stereocenters. The van der Waals surface area contributed by atoms with Crippen LogP contribution in [0.2, 0.25) is 0 Å². The van der Waals surface area contributed by atoms with Gasteiger partial charge in [-0.3, -0.25) is 19.4 Å². The summed E-state index contributed by atoms with van der Waals surface area (Å²) in [5.41, 5.74) is -0.707. The summed E-state index contributed by atoms with van der Waals surface area (Å²) in [6, 6.07) is -0.521. The normalized spacial score (nSPS) is 20.4. The van der Waals surface area contributed by atoms with Crippen LogP contribution in [-0.4, -0.2) is 53.1 Å². The van der Waals surface area contributed by atoms with Crippen LogP contribution in [0.4, 0.5) is 0 Å². The van der Waals surface area contributed by atoms with Crippen molar-refractivity contribution in [1.29, 1.82) is 0 Å². The number of rotatable bonds is 6. The standard InChI is InChI=1S/C18H30N4O3/c1-5-6-7-14-20-17(25)18(21-14)8-10-22(11-9-18)16(24)15(12(2)3)19-13(4)23/h12,15H,5-11H2,1-4H3,(H,19,23)(H,20,21,25). The summed E-state index contributed by atoms with van der Waals surface area (Å²) in [5, 5.41) is 5.65. The van der Waals surface area contributed by atoms with Gasteiger partial charge in [0, 0.05) is 26.4 Å². The van der Waals surface area contributed by atoms with Crippen LogP contribution in [0.3, 0.4) is 0 Å². The van der Waals surface area contributed by atoms with Crippen LogP contribution in [0, 0.1) is 5.92 Å². The zero-order valence-corrected chi connectivity index (χ0v) is 15.7. The highest BCUT2D eigenvalue weighted by atomic mass is 16.2. The molecule has 140 valence electrons. The van der Waals surface area contributed by atoms with E-state index in [2.05, 4.69) is 22.5 Å². The molecule has 7 nitrogen and oxygen atoms in total. The summed E-state index contributed by atoms with van der Waals surface area (Å²) in [6.45, 7) is 8.33. The molecule has 2 N–H and O–H groups in total. The van der Waals surface area contributed by atoms with Crippen molar-refractivity contribution in [1.82, 2.24) is 15.5 Å². The van der Waals surface area contributed by atoms with Gasteiger partial charge in [-0.2, -0.15) is 0 Å².